The Morgan fingerprint density at radius 2 is 2.00 bits per heavy atom. The van der Waals surface area contributed by atoms with Crippen LogP contribution in [0.25, 0.3) is 0 Å². The number of alkyl halides is 2. The third-order valence-electron chi connectivity index (χ3n) is 1.54. The van der Waals surface area contributed by atoms with E-state index in [0.29, 0.717) is 0 Å². The lowest BCUT2D eigenvalue weighted by Gasteiger charge is -2.22. The molecule has 16 heavy (non-hydrogen) atoms. The first-order valence-electron chi connectivity index (χ1n) is 4.53. The summed E-state index contributed by atoms with van der Waals surface area (Å²) in [5.74, 6) is -2.42. The lowest BCUT2D eigenvalue weighted by molar-refractivity contribution is -0.175. The number of nitrogens with two attached hydrogens (primary N) is 1. The van der Waals surface area contributed by atoms with E-state index in [1.807, 2.05) is 0 Å². The van der Waals surface area contributed by atoms with E-state index in [4.69, 9.17) is 5.73 Å². The maximum atomic E-state index is 11.9. The second kappa shape index (κ2) is 7.07. The Kier molecular flexibility index (Phi) is 6.50. The Balaban J connectivity index is 4.38. The molecule has 3 N–H and O–H groups in total. The van der Waals surface area contributed by atoms with Crippen molar-refractivity contribution in [2.75, 3.05) is 27.2 Å². The summed E-state index contributed by atoms with van der Waals surface area (Å²) in [5, 5.41) is 2.33. The van der Waals surface area contributed by atoms with E-state index < -0.39 is 24.5 Å². The fourth-order valence-electron chi connectivity index (χ4n) is 0.838. The van der Waals surface area contributed by atoms with Crippen LogP contribution < -0.4 is 11.1 Å². The van der Waals surface area contributed by atoms with E-state index in [1.165, 1.54) is 19.0 Å². The normalized spacial score (nSPS) is 12.7. The van der Waals surface area contributed by atoms with Crippen molar-refractivity contribution in [3.8, 4) is 0 Å². The molecule has 0 aromatic heterocycles. The molecule has 1 atom stereocenters. The molecule has 0 fully saturated rings. The average molecular weight is 239 g/mol. The van der Waals surface area contributed by atoms with Crippen LogP contribution in [0.1, 0.15) is 0 Å². The summed E-state index contributed by atoms with van der Waals surface area (Å²) in [6.45, 7) is 0.379. The van der Waals surface area contributed by atoms with Crippen LogP contribution in [0.3, 0.4) is 0 Å². The fourth-order valence-corrected chi connectivity index (χ4v) is 0.838. The van der Waals surface area contributed by atoms with Crippen LogP contribution in [-0.4, -0.2) is 56.6 Å². The van der Waals surface area contributed by atoms with Crippen LogP contribution in [0.2, 0.25) is 0 Å². The van der Waals surface area contributed by atoms with Gasteiger partial charge in [-0.05, 0) is 14.1 Å². The highest BCUT2D eigenvalue weighted by Gasteiger charge is 2.28. The maximum absolute atomic E-state index is 11.9. The topological polar surface area (TPSA) is 84.7 Å². The van der Waals surface area contributed by atoms with Gasteiger partial charge in [-0.3, -0.25) is 9.69 Å². The number of rotatable bonds is 6. The molecule has 0 aromatic carbocycles. The summed E-state index contributed by atoms with van der Waals surface area (Å²) < 4.78 is 28.2. The van der Waals surface area contributed by atoms with Gasteiger partial charge in [0.15, 0.2) is 0 Å². The highest BCUT2D eigenvalue weighted by atomic mass is 19.3. The van der Waals surface area contributed by atoms with Gasteiger partial charge in [0, 0.05) is 13.1 Å². The van der Waals surface area contributed by atoms with Crippen molar-refractivity contribution in [2.24, 2.45) is 5.73 Å². The number of hydrogen-bond donors (Lipinski definition) is 2. The van der Waals surface area contributed by atoms with Gasteiger partial charge >= 0.3 is 12.4 Å². The summed E-state index contributed by atoms with van der Waals surface area (Å²) in [4.78, 5) is 23.2. The van der Waals surface area contributed by atoms with Crippen LogP contribution in [0.5, 0.6) is 0 Å². The number of likely N-dealkylation sites (N-methyl/N-ethyl adjacent to an activating group) is 1. The standard InChI is InChI=1S/C8H15F2N3O3/c1-13(2)7(6(14)12-4-3-11)16-8(15)5(9)10/h5,7H,3-4,11H2,1-2H3,(H,12,14). The highest BCUT2D eigenvalue weighted by molar-refractivity contribution is 5.84. The van der Waals surface area contributed by atoms with Crippen LogP contribution in [0.4, 0.5) is 8.78 Å². The van der Waals surface area contributed by atoms with Crippen molar-refractivity contribution in [3.05, 3.63) is 0 Å². The molecule has 0 bridgehead atoms. The molecule has 6 nitrogen and oxygen atoms in total. The fraction of sp³-hybridized carbons (Fsp3) is 0.750. The predicted molar refractivity (Wildman–Crippen MR) is 51.6 cm³/mol. The minimum Gasteiger partial charge on any atom is -0.432 e. The molecular formula is C8H15F2N3O3. The van der Waals surface area contributed by atoms with Crippen LogP contribution in [0, 0.1) is 0 Å². The summed E-state index contributed by atoms with van der Waals surface area (Å²) in [7, 11) is 2.84. The Hall–Kier alpha value is -1.28. The molecule has 0 heterocycles. The zero-order valence-corrected chi connectivity index (χ0v) is 9.07. The molecule has 1 amide bonds. The van der Waals surface area contributed by atoms with Gasteiger partial charge in [0.05, 0.1) is 0 Å². The highest BCUT2D eigenvalue weighted by Crippen LogP contribution is 2.02. The number of nitrogens with zero attached hydrogens (tertiary/aromatic N) is 1. The number of carbonyl (C=O) groups excluding carboxylic acids is 2. The molecule has 0 saturated heterocycles. The molecule has 0 spiro atoms. The second-order valence-corrected chi connectivity index (χ2v) is 3.13. The van der Waals surface area contributed by atoms with E-state index >= 15 is 0 Å². The van der Waals surface area contributed by atoms with E-state index in [0.717, 1.165) is 0 Å². The monoisotopic (exact) mass is 239 g/mol. The molecule has 0 aliphatic rings. The van der Waals surface area contributed by atoms with Crippen LogP contribution >= 0.6 is 0 Å². The third kappa shape index (κ3) is 4.99. The summed E-state index contributed by atoms with van der Waals surface area (Å²) in [6.07, 6.45) is -4.64. The van der Waals surface area contributed by atoms with Crippen LogP contribution in [-0.2, 0) is 14.3 Å². The predicted octanol–water partition coefficient (Wildman–Crippen LogP) is -1.24. The molecule has 0 radical (unpaired) electrons. The maximum Gasteiger partial charge on any atom is 0.375 e. The first kappa shape index (κ1) is 14.7. The van der Waals surface area contributed by atoms with E-state index in [2.05, 4.69) is 10.1 Å². The quantitative estimate of drug-likeness (QED) is 0.447. The Labute approximate surface area is 91.7 Å². The first-order valence-corrected chi connectivity index (χ1v) is 4.53. The van der Waals surface area contributed by atoms with Crippen molar-refractivity contribution >= 4 is 11.9 Å². The van der Waals surface area contributed by atoms with Crippen molar-refractivity contribution in [1.82, 2.24) is 10.2 Å². The zero-order chi connectivity index (χ0) is 12.7. The van der Waals surface area contributed by atoms with E-state index in [1.54, 1.807) is 0 Å². The number of nitrogens with one attached hydrogen (secondary N) is 1. The molecule has 0 aliphatic heterocycles. The van der Waals surface area contributed by atoms with Gasteiger partial charge in [-0.2, -0.15) is 8.78 Å². The van der Waals surface area contributed by atoms with Crippen molar-refractivity contribution in [3.63, 3.8) is 0 Å². The number of halogens is 2. The minimum atomic E-state index is -3.26. The van der Waals surface area contributed by atoms with E-state index in [9.17, 15) is 18.4 Å². The molecule has 0 saturated carbocycles. The molecule has 1 unspecified atom stereocenters. The molecule has 8 heteroatoms. The smallest absolute Gasteiger partial charge is 0.375 e. The van der Waals surface area contributed by atoms with Crippen molar-refractivity contribution < 1.29 is 23.1 Å². The Bertz CT molecular complexity index is 249. The number of hydrogen-bond acceptors (Lipinski definition) is 5. The zero-order valence-electron chi connectivity index (χ0n) is 9.07. The largest absolute Gasteiger partial charge is 0.432 e. The molecule has 0 aliphatic carbocycles. The molecular weight excluding hydrogens is 224 g/mol. The molecule has 94 valence electrons. The summed E-state index contributed by atoms with van der Waals surface area (Å²) in [6, 6.07) is 0. The number of esters is 1. The van der Waals surface area contributed by atoms with Gasteiger partial charge in [-0.15, -0.1) is 0 Å². The number of ether oxygens (including phenoxy) is 1. The van der Waals surface area contributed by atoms with Crippen molar-refractivity contribution in [1.29, 1.82) is 0 Å². The average Bonchev–Trinajstić information content (AvgIpc) is 2.21. The van der Waals surface area contributed by atoms with Gasteiger partial charge in [-0.1, -0.05) is 0 Å². The van der Waals surface area contributed by atoms with Gasteiger partial charge < -0.3 is 15.8 Å². The molecule has 0 aromatic rings. The van der Waals surface area contributed by atoms with Gasteiger partial charge in [0.1, 0.15) is 0 Å². The minimum absolute atomic E-state index is 0.176. The Morgan fingerprint density at radius 3 is 2.38 bits per heavy atom. The first-order chi connectivity index (χ1) is 7.40. The molecule has 0 rings (SSSR count). The van der Waals surface area contributed by atoms with Crippen molar-refractivity contribution in [2.45, 2.75) is 12.7 Å². The SMILES string of the molecule is CN(C)C(OC(=O)C(F)F)C(=O)NCCN. The lowest BCUT2D eigenvalue weighted by Crippen LogP contribution is -2.48. The van der Waals surface area contributed by atoms with E-state index in [-0.39, 0.29) is 13.1 Å². The second-order valence-electron chi connectivity index (χ2n) is 3.13. The van der Waals surface area contributed by atoms with Crippen LogP contribution in [0.15, 0.2) is 0 Å². The Morgan fingerprint density at radius 1 is 1.44 bits per heavy atom. The summed E-state index contributed by atoms with van der Waals surface area (Å²) in [5.41, 5.74) is 5.15. The lowest BCUT2D eigenvalue weighted by atomic mass is 10.4. The third-order valence-corrected chi connectivity index (χ3v) is 1.54. The van der Waals surface area contributed by atoms with Gasteiger partial charge in [-0.25, -0.2) is 4.79 Å². The number of amides is 1. The van der Waals surface area contributed by atoms with Gasteiger partial charge in [0.25, 0.3) is 5.91 Å². The summed E-state index contributed by atoms with van der Waals surface area (Å²) >= 11 is 0. The van der Waals surface area contributed by atoms with Gasteiger partial charge in [0.2, 0.25) is 6.23 Å². The number of carbonyl (C=O) groups is 2.